The van der Waals surface area contributed by atoms with E-state index in [2.05, 4.69) is 39.5 Å². The van der Waals surface area contributed by atoms with Crippen LogP contribution in [0.3, 0.4) is 0 Å². The van der Waals surface area contributed by atoms with E-state index < -0.39 is 0 Å². The van der Waals surface area contributed by atoms with Gasteiger partial charge in [-0.2, -0.15) is 4.98 Å². The minimum Gasteiger partial charge on any atom is -0.370 e. The van der Waals surface area contributed by atoms with Gasteiger partial charge in [0.25, 0.3) is 0 Å². The smallest absolute Gasteiger partial charge is 0.227 e. The summed E-state index contributed by atoms with van der Waals surface area (Å²) in [6.07, 6.45) is 4.13. The lowest BCUT2D eigenvalue weighted by atomic mass is 10.1. The van der Waals surface area contributed by atoms with Crippen molar-refractivity contribution in [1.29, 1.82) is 0 Å². The van der Waals surface area contributed by atoms with Gasteiger partial charge in [0.2, 0.25) is 5.95 Å². The third-order valence-electron chi connectivity index (χ3n) is 3.17. The zero-order valence-electron chi connectivity index (χ0n) is 10.6. The third-order valence-corrected chi connectivity index (χ3v) is 3.17. The number of nitrogens with zero attached hydrogens (tertiary/aromatic N) is 3. The first-order valence-corrected chi connectivity index (χ1v) is 6.31. The fourth-order valence-corrected chi connectivity index (χ4v) is 2.16. The second-order valence-electron chi connectivity index (χ2n) is 4.36. The molecule has 0 amide bonds. The van der Waals surface area contributed by atoms with Crippen molar-refractivity contribution in [3.8, 4) is 0 Å². The zero-order chi connectivity index (χ0) is 12.1. The number of rotatable bonds is 4. The van der Waals surface area contributed by atoms with Gasteiger partial charge in [-0.25, -0.2) is 4.98 Å². The number of hydrogen-bond donors (Lipinski definition) is 2. The predicted molar refractivity (Wildman–Crippen MR) is 70.5 cm³/mol. The minimum atomic E-state index is 0.549. The quantitative estimate of drug-likeness (QED) is 0.818. The van der Waals surface area contributed by atoms with E-state index in [9.17, 15) is 0 Å². The van der Waals surface area contributed by atoms with E-state index in [1.807, 2.05) is 12.3 Å². The van der Waals surface area contributed by atoms with Crippen molar-refractivity contribution in [2.75, 3.05) is 36.9 Å². The van der Waals surface area contributed by atoms with E-state index in [4.69, 9.17) is 0 Å². The molecular formula is C12H21N5. The van der Waals surface area contributed by atoms with Crippen LogP contribution in [0.2, 0.25) is 0 Å². The second kappa shape index (κ2) is 5.82. The van der Waals surface area contributed by atoms with Gasteiger partial charge in [-0.05, 0) is 38.9 Å². The number of anilines is 2. The van der Waals surface area contributed by atoms with Gasteiger partial charge in [-0.15, -0.1) is 0 Å². The first-order valence-electron chi connectivity index (χ1n) is 6.31. The molecule has 1 aliphatic heterocycles. The van der Waals surface area contributed by atoms with E-state index >= 15 is 0 Å². The molecule has 0 unspecified atom stereocenters. The molecule has 1 aromatic rings. The molecule has 0 aromatic carbocycles. The van der Waals surface area contributed by atoms with Gasteiger partial charge in [0, 0.05) is 25.8 Å². The van der Waals surface area contributed by atoms with Crippen LogP contribution in [-0.4, -0.2) is 42.7 Å². The molecule has 1 aromatic heterocycles. The molecule has 0 spiro atoms. The minimum absolute atomic E-state index is 0.549. The van der Waals surface area contributed by atoms with Crippen LogP contribution >= 0.6 is 0 Å². The lowest BCUT2D eigenvalue weighted by Crippen LogP contribution is -2.41. The van der Waals surface area contributed by atoms with Gasteiger partial charge in [0.05, 0.1) is 0 Å². The van der Waals surface area contributed by atoms with Crippen molar-refractivity contribution in [2.24, 2.45) is 0 Å². The van der Waals surface area contributed by atoms with Crippen molar-refractivity contribution in [1.82, 2.24) is 15.3 Å². The van der Waals surface area contributed by atoms with Crippen molar-refractivity contribution in [3.63, 3.8) is 0 Å². The Kier molecular flexibility index (Phi) is 4.14. The van der Waals surface area contributed by atoms with Gasteiger partial charge >= 0.3 is 0 Å². The highest BCUT2D eigenvalue weighted by molar-refractivity contribution is 5.41. The molecule has 94 valence electrons. The lowest BCUT2D eigenvalue weighted by molar-refractivity contribution is 0.440. The molecule has 0 aliphatic carbocycles. The highest BCUT2D eigenvalue weighted by Crippen LogP contribution is 2.17. The van der Waals surface area contributed by atoms with E-state index in [0.29, 0.717) is 6.04 Å². The van der Waals surface area contributed by atoms with Gasteiger partial charge in [-0.3, -0.25) is 0 Å². The highest BCUT2D eigenvalue weighted by Gasteiger charge is 2.19. The molecule has 0 radical (unpaired) electrons. The molecule has 1 saturated heterocycles. The maximum Gasteiger partial charge on any atom is 0.227 e. The Hall–Kier alpha value is -1.36. The summed E-state index contributed by atoms with van der Waals surface area (Å²) in [7, 11) is 2.08. The molecule has 1 fully saturated rings. The Labute approximate surface area is 103 Å². The second-order valence-corrected chi connectivity index (χ2v) is 4.36. The standard InChI is InChI=1S/C12H21N5/c1-3-14-11-6-9-15-12(16-11)17(2)10-4-7-13-8-5-10/h6,9-10,13H,3-5,7-8H2,1-2H3,(H,14,15,16). The molecule has 0 saturated carbocycles. The zero-order valence-corrected chi connectivity index (χ0v) is 10.6. The van der Waals surface area contributed by atoms with E-state index in [0.717, 1.165) is 44.2 Å². The maximum absolute atomic E-state index is 4.52. The van der Waals surface area contributed by atoms with Crippen molar-refractivity contribution >= 4 is 11.8 Å². The summed E-state index contributed by atoms with van der Waals surface area (Å²) in [4.78, 5) is 11.1. The molecule has 1 aliphatic rings. The van der Waals surface area contributed by atoms with Crippen LogP contribution < -0.4 is 15.5 Å². The molecule has 5 nitrogen and oxygen atoms in total. The van der Waals surface area contributed by atoms with Gasteiger partial charge in [-0.1, -0.05) is 0 Å². The van der Waals surface area contributed by atoms with E-state index in [1.165, 1.54) is 0 Å². The number of aromatic nitrogens is 2. The summed E-state index contributed by atoms with van der Waals surface area (Å²) in [5.41, 5.74) is 0. The molecule has 2 N–H and O–H groups in total. The molecular weight excluding hydrogens is 214 g/mol. The summed E-state index contributed by atoms with van der Waals surface area (Å²) in [5, 5.41) is 6.59. The largest absolute Gasteiger partial charge is 0.370 e. The van der Waals surface area contributed by atoms with Crippen LogP contribution in [0.5, 0.6) is 0 Å². The Morgan fingerprint density at radius 3 is 2.94 bits per heavy atom. The molecule has 17 heavy (non-hydrogen) atoms. The summed E-state index contributed by atoms with van der Waals surface area (Å²) in [6, 6.07) is 2.46. The van der Waals surface area contributed by atoms with Crippen LogP contribution in [0.25, 0.3) is 0 Å². The van der Waals surface area contributed by atoms with Crippen LogP contribution in [0, 0.1) is 0 Å². The van der Waals surface area contributed by atoms with Crippen LogP contribution in [0.1, 0.15) is 19.8 Å². The summed E-state index contributed by atoms with van der Waals surface area (Å²) in [5.74, 6) is 1.72. The normalized spacial score (nSPS) is 16.8. The Morgan fingerprint density at radius 1 is 1.47 bits per heavy atom. The van der Waals surface area contributed by atoms with E-state index in [-0.39, 0.29) is 0 Å². The Bertz CT molecular complexity index is 349. The highest BCUT2D eigenvalue weighted by atomic mass is 15.3. The molecule has 2 heterocycles. The summed E-state index contributed by atoms with van der Waals surface area (Å²) in [6.45, 7) is 5.12. The first-order chi connectivity index (χ1) is 8.31. The van der Waals surface area contributed by atoms with E-state index in [1.54, 1.807) is 0 Å². The number of nitrogens with one attached hydrogen (secondary N) is 2. The lowest BCUT2D eigenvalue weighted by Gasteiger charge is -2.31. The monoisotopic (exact) mass is 235 g/mol. The van der Waals surface area contributed by atoms with Crippen LogP contribution in [0.15, 0.2) is 12.3 Å². The topological polar surface area (TPSA) is 53.1 Å². The first kappa shape index (κ1) is 12.1. The third kappa shape index (κ3) is 3.06. The average molecular weight is 235 g/mol. The Balaban J connectivity index is 2.06. The van der Waals surface area contributed by atoms with Crippen molar-refractivity contribution in [2.45, 2.75) is 25.8 Å². The fraction of sp³-hybridized carbons (Fsp3) is 0.667. The summed E-state index contributed by atoms with van der Waals surface area (Å²) < 4.78 is 0. The molecule has 2 rings (SSSR count). The predicted octanol–water partition coefficient (Wildman–Crippen LogP) is 1.10. The van der Waals surface area contributed by atoms with Gasteiger partial charge in [0.1, 0.15) is 5.82 Å². The number of piperidine rings is 1. The maximum atomic E-state index is 4.52. The SMILES string of the molecule is CCNc1ccnc(N(C)C2CCNCC2)n1. The van der Waals surface area contributed by atoms with Crippen LogP contribution in [0.4, 0.5) is 11.8 Å². The van der Waals surface area contributed by atoms with Crippen molar-refractivity contribution in [3.05, 3.63) is 12.3 Å². The summed E-state index contributed by atoms with van der Waals surface area (Å²) >= 11 is 0. The molecule has 0 bridgehead atoms. The Morgan fingerprint density at radius 2 is 2.24 bits per heavy atom. The van der Waals surface area contributed by atoms with Crippen molar-refractivity contribution < 1.29 is 0 Å². The van der Waals surface area contributed by atoms with Gasteiger partial charge in [0.15, 0.2) is 0 Å². The number of hydrogen-bond acceptors (Lipinski definition) is 5. The fourth-order valence-electron chi connectivity index (χ4n) is 2.16. The average Bonchev–Trinajstić information content (AvgIpc) is 2.40. The molecule has 0 atom stereocenters. The molecule has 5 heteroatoms. The van der Waals surface area contributed by atoms with Gasteiger partial charge < -0.3 is 15.5 Å². The van der Waals surface area contributed by atoms with Crippen LogP contribution in [-0.2, 0) is 0 Å².